The largest absolute Gasteiger partial charge is 0.378 e. The van der Waals surface area contributed by atoms with Crippen molar-refractivity contribution in [1.82, 2.24) is 24.4 Å². The zero-order valence-electron chi connectivity index (χ0n) is 23.3. The summed E-state index contributed by atoms with van der Waals surface area (Å²) >= 11 is 0. The second kappa shape index (κ2) is 11.9. The number of alkyl halides is 2. The van der Waals surface area contributed by atoms with E-state index in [0.717, 1.165) is 45.3 Å². The van der Waals surface area contributed by atoms with Crippen molar-refractivity contribution < 1.29 is 18.3 Å². The minimum absolute atomic E-state index is 0.317. The molecule has 3 fully saturated rings. The highest BCUT2D eigenvalue weighted by Crippen LogP contribution is 2.30. The van der Waals surface area contributed by atoms with E-state index in [2.05, 4.69) is 29.0 Å². The normalized spacial score (nSPS) is 25.1. The lowest BCUT2D eigenvalue weighted by Crippen LogP contribution is -2.48. The minimum atomic E-state index is -2.74. The van der Waals surface area contributed by atoms with Crippen molar-refractivity contribution in [3.63, 3.8) is 0 Å². The van der Waals surface area contributed by atoms with Crippen LogP contribution in [-0.2, 0) is 9.47 Å². The molecule has 0 amide bonds. The molecule has 0 saturated carbocycles. The van der Waals surface area contributed by atoms with E-state index in [1.165, 1.54) is 4.57 Å². The van der Waals surface area contributed by atoms with Crippen molar-refractivity contribution in [2.75, 3.05) is 56.2 Å². The summed E-state index contributed by atoms with van der Waals surface area (Å²) in [6.45, 7) is 9.77. The van der Waals surface area contributed by atoms with Gasteiger partial charge in [-0.3, -0.25) is 4.57 Å². The molecule has 0 aliphatic carbocycles. The third kappa shape index (κ3) is 5.91. The van der Waals surface area contributed by atoms with Crippen LogP contribution in [-0.4, -0.2) is 88.6 Å². The Morgan fingerprint density at radius 1 is 0.975 bits per heavy atom. The van der Waals surface area contributed by atoms with Crippen LogP contribution in [0, 0.1) is 5.92 Å². The molecule has 9 nitrogen and oxygen atoms in total. The summed E-state index contributed by atoms with van der Waals surface area (Å²) in [6, 6.07) is 9.54. The first-order valence-corrected chi connectivity index (χ1v) is 14.6. The van der Waals surface area contributed by atoms with Crippen molar-refractivity contribution >= 4 is 22.8 Å². The molecule has 1 aromatic carbocycles. The molecule has 3 aliphatic rings. The third-order valence-corrected chi connectivity index (χ3v) is 8.42. The van der Waals surface area contributed by atoms with Crippen molar-refractivity contribution in [3.8, 4) is 5.82 Å². The molecular weight excluding hydrogens is 516 g/mol. The number of nitrogens with one attached hydrogen (secondary N) is 1. The molecule has 0 radical (unpaired) electrons. The Morgan fingerprint density at radius 2 is 1.70 bits per heavy atom. The molecule has 2 aromatic heterocycles. The number of hydrogen-bond donors (Lipinski definition) is 1. The Labute approximate surface area is 233 Å². The van der Waals surface area contributed by atoms with Crippen LogP contribution in [0.5, 0.6) is 0 Å². The highest BCUT2D eigenvalue weighted by molar-refractivity contribution is 5.78. The number of anilines is 2. The van der Waals surface area contributed by atoms with Gasteiger partial charge in [0.05, 0.1) is 36.5 Å². The van der Waals surface area contributed by atoms with Gasteiger partial charge in [0.1, 0.15) is 11.6 Å². The molecule has 3 aromatic rings. The number of aromatic nitrogens is 4. The molecule has 11 heteroatoms. The molecule has 0 spiro atoms. The molecule has 3 aliphatic heterocycles. The number of halogens is 2. The lowest BCUT2D eigenvalue weighted by molar-refractivity contribution is -0.0693. The Morgan fingerprint density at radius 3 is 2.42 bits per heavy atom. The predicted octanol–water partition coefficient (Wildman–Crippen LogP) is 4.67. The average molecular weight is 556 g/mol. The van der Waals surface area contributed by atoms with E-state index in [4.69, 9.17) is 19.4 Å². The van der Waals surface area contributed by atoms with Gasteiger partial charge in [0.15, 0.2) is 5.82 Å². The Hall–Kier alpha value is -2.89. The fourth-order valence-corrected chi connectivity index (χ4v) is 6.40. The fraction of sp³-hybridized carbons (Fsp3) is 0.621. The molecule has 1 N–H and O–H groups in total. The van der Waals surface area contributed by atoms with Crippen LogP contribution in [0.2, 0.25) is 0 Å². The molecule has 3 saturated heterocycles. The van der Waals surface area contributed by atoms with Gasteiger partial charge in [0.2, 0.25) is 5.95 Å². The van der Waals surface area contributed by atoms with Crippen LogP contribution >= 0.6 is 0 Å². The Kier molecular flexibility index (Phi) is 8.13. The first kappa shape index (κ1) is 27.3. The maximum absolute atomic E-state index is 14.1. The molecule has 5 heterocycles. The lowest BCUT2D eigenvalue weighted by atomic mass is 9.92. The van der Waals surface area contributed by atoms with Crippen LogP contribution in [0.3, 0.4) is 0 Å². The van der Waals surface area contributed by atoms with Gasteiger partial charge in [-0.2, -0.15) is 9.97 Å². The maximum Gasteiger partial charge on any atom is 0.296 e. The number of ether oxygens (including phenoxy) is 2. The third-order valence-electron chi connectivity index (χ3n) is 8.42. The topological polar surface area (TPSA) is 80.6 Å². The summed E-state index contributed by atoms with van der Waals surface area (Å²) in [7, 11) is 0. The fourth-order valence-electron chi connectivity index (χ4n) is 6.40. The van der Waals surface area contributed by atoms with Crippen molar-refractivity contribution in [3.05, 3.63) is 36.2 Å². The van der Waals surface area contributed by atoms with E-state index in [9.17, 15) is 8.78 Å². The molecular formula is C29H39F2N7O2. The van der Waals surface area contributed by atoms with E-state index in [1.54, 1.807) is 24.3 Å². The second-order valence-corrected chi connectivity index (χ2v) is 11.3. The predicted molar refractivity (Wildman–Crippen MR) is 150 cm³/mol. The van der Waals surface area contributed by atoms with Crippen LogP contribution in [0.4, 0.5) is 20.5 Å². The summed E-state index contributed by atoms with van der Waals surface area (Å²) in [4.78, 5) is 18.5. The van der Waals surface area contributed by atoms with E-state index in [1.807, 2.05) is 11.0 Å². The van der Waals surface area contributed by atoms with Crippen molar-refractivity contribution in [2.45, 2.75) is 64.2 Å². The first-order chi connectivity index (χ1) is 19.4. The quantitative estimate of drug-likeness (QED) is 0.451. The minimum Gasteiger partial charge on any atom is -0.378 e. The van der Waals surface area contributed by atoms with Gasteiger partial charge in [-0.05, 0) is 70.7 Å². The number of nitrogens with zero attached hydrogens (tertiary/aromatic N) is 6. The van der Waals surface area contributed by atoms with E-state index in [-0.39, 0.29) is 5.82 Å². The Bertz CT molecular complexity index is 1280. The number of hydrogen-bond acceptors (Lipinski definition) is 8. The standard InChI is InChI=1S/C29H39F2N7O2/c1-19-15-22(16-20(2)40-19)36-9-7-21(8-10-36)18-32-25-17-26(35-29(34-25)37-11-13-39-14-12-37)38-24-6-4-3-5-23(24)33-28(38)27(30)31/h3-6,17,19-22,27H,7-16,18H2,1-2H3,(H,32,34,35)/t19-,20+,22+. The summed E-state index contributed by atoms with van der Waals surface area (Å²) in [5.74, 6) is 1.74. The van der Waals surface area contributed by atoms with Crippen molar-refractivity contribution in [2.24, 2.45) is 5.92 Å². The zero-order valence-corrected chi connectivity index (χ0v) is 23.3. The molecule has 216 valence electrons. The maximum atomic E-state index is 14.1. The van der Waals surface area contributed by atoms with Gasteiger partial charge in [-0.15, -0.1) is 0 Å². The summed E-state index contributed by atoms with van der Waals surface area (Å²) in [5, 5.41) is 3.53. The number of morpholine rings is 1. The summed E-state index contributed by atoms with van der Waals surface area (Å²) in [5.41, 5.74) is 1.11. The number of benzene rings is 1. The van der Waals surface area contributed by atoms with Gasteiger partial charge in [-0.25, -0.2) is 13.8 Å². The second-order valence-electron chi connectivity index (χ2n) is 11.3. The lowest BCUT2D eigenvalue weighted by Gasteiger charge is -2.42. The summed E-state index contributed by atoms with van der Waals surface area (Å²) in [6.07, 6.45) is 2.33. The van der Waals surface area contributed by atoms with Gasteiger partial charge in [0, 0.05) is 31.7 Å². The van der Waals surface area contributed by atoms with Crippen molar-refractivity contribution in [1.29, 1.82) is 0 Å². The Balaban J connectivity index is 1.21. The molecule has 0 unspecified atom stereocenters. The summed E-state index contributed by atoms with van der Waals surface area (Å²) < 4.78 is 41.2. The highest BCUT2D eigenvalue weighted by atomic mass is 19.3. The number of para-hydroxylation sites is 2. The van der Waals surface area contributed by atoms with Gasteiger partial charge >= 0.3 is 0 Å². The molecule has 6 rings (SSSR count). The number of rotatable bonds is 7. The monoisotopic (exact) mass is 555 g/mol. The molecule has 40 heavy (non-hydrogen) atoms. The number of imidazole rings is 1. The number of piperidine rings is 1. The molecule has 0 bridgehead atoms. The van der Waals surface area contributed by atoms with Gasteiger partial charge < -0.3 is 24.6 Å². The van der Waals surface area contributed by atoms with E-state index < -0.39 is 6.43 Å². The first-order valence-electron chi connectivity index (χ1n) is 14.6. The molecule has 3 atom stereocenters. The number of likely N-dealkylation sites (tertiary alicyclic amines) is 1. The van der Waals surface area contributed by atoms with Crippen LogP contribution in [0.15, 0.2) is 30.3 Å². The van der Waals surface area contributed by atoms with Crippen LogP contribution in [0.1, 0.15) is 51.8 Å². The zero-order chi connectivity index (χ0) is 27.6. The van der Waals surface area contributed by atoms with Gasteiger partial charge in [0.25, 0.3) is 6.43 Å². The van der Waals surface area contributed by atoms with Crippen LogP contribution < -0.4 is 10.2 Å². The van der Waals surface area contributed by atoms with E-state index in [0.29, 0.717) is 79.1 Å². The smallest absolute Gasteiger partial charge is 0.296 e. The highest BCUT2D eigenvalue weighted by Gasteiger charge is 2.31. The SMILES string of the molecule is C[C@@H]1C[C@H](N2CCC(CNc3cc(-n4c(C(F)F)nc5ccccc54)nc(N4CCOCC4)n3)CC2)C[C@H](C)O1. The number of fused-ring (bicyclic) bond motifs is 1. The average Bonchev–Trinajstić information content (AvgIpc) is 3.36. The van der Waals surface area contributed by atoms with E-state index >= 15 is 0 Å². The van der Waals surface area contributed by atoms with Crippen LogP contribution in [0.25, 0.3) is 16.9 Å². The van der Waals surface area contributed by atoms with Gasteiger partial charge in [-0.1, -0.05) is 12.1 Å².